The standard InChI is InChI=1S/C22H27FN4O4/c1-15-18(16(2)31-24-15)14-21(28)26-5-7-27(8-6-26)22(29)17-3-4-20(19(23)13-17)25-9-11-30-12-10-25/h3-4,13H,5-12,14H2,1-2H3. The molecule has 0 saturated carbocycles. The van der Waals surface area contributed by atoms with E-state index in [2.05, 4.69) is 5.16 Å². The fraction of sp³-hybridized carbons (Fsp3) is 0.500. The summed E-state index contributed by atoms with van der Waals surface area (Å²) in [6.07, 6.45) is 0.239. The smallest absolute Gasteiger partial charge is 0.254 e. The summed E-state index contributed by atoms with van der Waals surface area (Å²) < 4.78 is 25.1. The van der Waals surface area contributed by atoms with E-state index in [1.807, 2.05) is 11.8 Å². The Hall–Kier alpha value is -2.94. The lowest BCUT2D eigenvalue weighted by Gasteiger charge is -2.35. The van der Waals surface area contributed by atoms with Crippen LogP contribution in [0.3, 0.4) is 0 Å². The molecule has 3 heterocycles. The second-order valence-electron chi connectivity index (χ2n) is 7.92. The van der Waals surface area contributed by atoms with Crippen LogP contribution in [0.5, 0.6) is 0 Å². The largest absolute Gasteiger partial charge is 0.378 e. The number of aromatic nitrogens is 1. The highest BCUT2D eigenvalue weighted by atomic mass is 19.1. The van der Waals surface area contributed by atoms with Crippen LogP contribution in [-0.2, 0) is 16.0 Å². The average Bonchev–Trinajstić information content (AvgIpc) is 3.11. The van der Waals surface area contributed by atoms with E-state index in [9.17, 15) is 14.0 Å². The van der Waals surface area contributed by atoms with Gasteiger partial charge in [-0.05, 0) is 32.0 Å². The predicted molar refractivity (Wildman–Crippen MR) is 112 cm³/mol. The molecule has 2 saturated heterocycles. The van der Waals surface area contributed by atoms with Gasteiger partial charge in [-0.3, -0.25) is 9.59 Å². The molecule has 1 aromatic heterocycles. The highest BCUT2D eigenvalue weighted by Crippen LogP contribution is 2.23. The monoisotopic (exact) mass is 430 g/mol. The highest BCUT2D eigenvalue weighted by molar-refractivity contribution is 5.95. The summed E-state index contributed by atoms with van der Waals surface area (Å²) in [7, 11) is 0. The zero-order valence-corrected chi connectivity index (χ0v) is 17.9. The lowest BCUT2D eigenvalue weighted by Crippen LogP contribution is -2.51. The Kier molecular flexibility index (Phi) is 6.22. The van der Waals surface area contributed by atoms with Gasteiger partial charge in [0.15, 0.2) is 0 Å². The number of hydrogen-bond donors (Lipinski definition) is 0. The van der Waals surface area contributed by atoms with Crippen molar-refractivity contribution < 1.29 is 23.2 Å². The summed E-state index contributed by atoms with van der Waals surface area (Å²) >= 11 is 0. The number of ether oxygens (including phenoxy) is 1. The van der Waals surface area contributed by atoms with Crippen LogP contribution in [0.2, 0.25) is 0 Å². The number of nitrogens with zero attached hydrogens (tertiary/aromatic N) is 4. The molecule has 2 amide bonds. The first-order valence-corrected chi connectivity index (χ1v) is 10.5. The van der Waals surface area contributed by atoms with Gasteiger partial charge in [0.1, 0.15) is 11.6 Å². The summed E-state index contributed by atoms with van der Waals surface area (Å²) in [4.78, 5) is 30.8. The van der Waals surface area contributed by atoms with Gasteiger partial charge in [-0.2, -0.15) is 0 Å². The summed E-state index contributed by atoms with van der Waals surface area (Å²) in [6.45, 7) is 7.74. The Bertz CT molecular complexity index is 943. The number of hydrogen-bond acceptors (Lipinski definition) is 6. The topological polar surface area (TPSA) is 79.1 Å². The molecule has 4 rings (SSSR count). The number of carbonyl (C=O) groups excluding carboxylic acids is 2. The van der Waals surface area contributed by atoms with Crippen molar-refractivity contribution in [1.29, 1.82) is 0 Å². The van der Waals surface area contributed by atoms with E-state index in [1.54, 1.807) is 28.9 Å². The van der Waals surface area contributed by atoms with E-state index in [4.69, 9.17) is 9.26 Å². The molecular weight excluding hydrogens is 403 g/mol. The normalized spacial score (nSPS) is 17.2. The molecule has 0 unspecified atom stereocenters. The number of anilines is 1. The molecule has 2 aliphatic heterocycles. The van der Waals surface area contributed by atoms with Crippen molar-refractivity contribution in [3.8, 4) is 0 Å². The van der Waals surface area contributed by atoms with Crippen LogP contribution in [0.4, 0.5) is 10.1 Å². The number of rotatable bonds is 4. The van der Waals surface area contributed by atoms with Crippen molar-refractivity contribution in [3.05, 3.63) is 46.6 Å². The van der Waals surface area contributed by atoms with Crippen molar-refractivity contribution >= 4 is 17.5 Å². The molecule has 0 spiro atoms. The van der Waals surface area contributed by atoms with Crippen LogP contribution in [-0.4, -0.2) is 79.3 Å². The van der Waals surface area contributed by atoms with Gasteiger partial charge in [-0.25, -0.2) is 4.39 Å². The quantitative estimate of drug-likeness (QED) is 0.736. The molecule has 2 fully saturated rings. The lowest BCUT2D eigenvalue weighted by atomic mass is 10.1. The van der Waals surface area contributed by atoms with Crippen LogP contribution < -0.4 is 4.90 Å². The van der Waals surface area contributed by atoms with E-state index in [-0.39, 0.29) is 18.2 Å². The Balaban J connectivity index is 1.34. The highest BCUT2D eigenvalue weighted by Gasteiger charge is 2.27. The SMILES string of the molecule is Cc1noc(C)c1CC(=O)N1CCN(C(=O)c2ccc(N3CCOCC3)c(F)c2)CC1. The van der Waals surface area contributed by atoms with Gasteiger partial charge in [0.2, 0.25) is 5.91 Å². The van der Waals surface area contributed by atoms with Crippen LogP contribution in [0.15, 0.2) is 22.7 Å². The molecule has 9 heteroatoms. The summed E-state index contributed by atoms with van der Waals surface area (Å²) in [5.41, 5.74) is 2.36. The summed E-state index contributed by atoms with van der Waals surface area (Å²) in [5, 5.41) is 3.89. The predicted octanol–water partition coefficient (Wildman–Crippen LogP) is 1.79. The van der Waals surface area contributed by atoms with Crippen molar-refractivity contribution in [2.45, 2.75) is 20.3 Å². The minimum absolute atomic E-state index is 0.0117. The Morgan fingerprint density at radius 2 is 1.71 bits per heavy atom. The molecular formula is C22H27FN4O4. The Morgan fingerprint density at radius 1 is 1.03 bits per heavy atom. The number of carbonyl (C=O) groups is 2. The molecule has 2 aromatic rings. The van der Waals surface area contributed by atoms with Crippen molar-refractivity contribution in [3.63, 3.8) is 0 Å². The molecule has 0 radical (unpaired) electrons. The third kappa shape index (κ3) is 4.56. The first kappa shape index (κ1) is 21.3. The van der Waals surface area contributed by atoms with E-state index < -0.39 is 5.82 Å². The zero-order valence-electron chi connectivity index (χ0n) is 17.9. The third-order valence-corrected chi connectivity index (χ3v) is 5.98. The van der Waals surface area contributed by atoms with E-state index in [1.165, 1.54) is 6.07 Å². The van der Waals surface area contributed by atoms with E-state index in [0.717, 1.165) is 11.3 Å². The number of piperazine rings is 1. The molecule has 2 aliphatic rings. The molecule has 1 aromatic carbocycles. The van der Waals surface area contributed by atoms with Gasteiger partial charge in [0.05, 0.1) is 31.0 Å². The summed E-state index contributed by atoms with van der Waals surface area (Å²) in [6, 6.07) is 4.64. The van der Waals surface area contributed by atoms with E-state index in [0.29, 0.717) is 69.5 Å². The van der Waals surface area contributed by atoms with Crippen LogP contribution in [0.25, 0.3) is 0 Å². The maximum absolute atomic E-state index is 14.7. The van der Waals surface area contributed by atoms with Crippen LogP contribution in [0, 0.1) is 19.7 Å². The van der Waals surface area contributed by atoms with Crippen molar-refractivity contribution in [2.24, 2.45) is 0 Å². The number of aryl methyl sites for hydroxylation is 2. The van der Waals surface area contributed by atoms with E-state index >= 15 is 0 Å². The third-order valence-electron chi connectivity index (χ3n) is 5.98. The van der Waals surface area contributed by atoms with Gasteiger partial charge in [0, 0.05) is 50.4 Å². The first-order valence-electron chi connectivity index (χ1n) is 10.5. The second-order valence-corrected chi connectivity index (χ2v) is 7.92. The zero-order chi connectivity index (χ0) is 22.0. The number of amides is 2. The number of morpholine rings is 1. The Morgan fingerprint density at radius 3 is 2.32 bits per heavy atom. The van der Waals surface area contributed by atoms with Crippen LogP contribution >= 0.6 is 0 Å². The molecule has 0 N–H and O–H groups in total. The van der Waals surface area contributed by atoms with Gasteiger partial charge < -0.3 is 24.0 Å². The van der Waals surface area contributed by atoms with Crippen molar-refractivity contribution in [1.82, 2.24) is 15.0 Å². The number of benzene rings is 1. The maximum Gasteiger partial charge on any atom is 0.254 e. The Labute approximate surface area is 180 Å². The molecule has 8 nitrogen and oxygen atoms in total. The van der Waals surface area contributed by atoms with Gasteiger partial charge >= 0.3 is 0 Å². The molecule has 0 aliphatic carbocycles. The number of halogens is 1. The van der Waals surface area contributed by atoms with Gasteiger partial charge in [0.25, 0.3) is 5.91 Å². The molecule has 0 atom stereocenters. The fourth-order valence-electron chi connectivity index (χ4n) is 4.06. The van der Waals surface area contributed by atoms with Gasteiger partial charge in [-0.1, -0.05) is 5.16 Å². The fourth-order valence-corrected chi connectivity index (χ4v) is 4.06. The first-order chi connectivity index (χ1) is 14.9. The summed E-state index contributed by atoms with van der Waals surface area (Å²) in [5.74, 6) is 0.0240. The van der Waals surface area contributed by atoms with Crippen LogP contribution in [0.1, 0.15) is 27.4 Å². The molecule has 31 heavy (non-hydrogen) atoms. The molecule has 0 bridgehead atoms. The maximum atomic E-state index is 14.7. The van der Waals surface area contributed by atoms with Crippen molar-refractivity contribution in [2.75, 3.05) is 57.4 Å². The second kappa shape index (κ2) is 9.05. The minimum Gasteiger partial charge on any atom is -0.378 e. The minimum atomic E-state index is -0.402. The average molecular weight is 430 g/mol. The van der Waals surface area contributed by atoms with Gasteiger partial charge in [-0.15, -0.1) is 0 Å². The molecule has 166 valence electrons. The lowest BCUT2D eigenvalue weighted by molar-refractivity contribution is -0.131.